The lowest BCUT2D eigenvalue weighted by Gasteiger charge is -2.38. The summed E-state index contributed by atoms with van der Waals surface area (Å²) in [6.45, 7) is 0.526. The van der Waals surface area contributed by atoms with Gasteiger partial charge in [-0.25, -0.2) is 0 Å². The van der Waals surface area contributed by atoms with E-state index in [1.54, 1.807) is 6.07 Å². The van der Waals surface area contributed by atoms with Gasteiger partial charge >= 0.3 is 5.69 Å². The molecule has 104 valence electrons. The van der Waals surface area contributed by atoms with E-state index in [9.17, 15) is 14.5 Å². The van der Waals surface area contributed by atoms with Crippen molar-refractivity contribution in [3.63, 3.8) is 0 Å². The number of rotatable bonds is 6. The topological polar surface area (TPSA) is 66.6 Å². The molecule has 0 aromatic heterocycles. The fourth-order valence-corrected chi connectivity index (χ4v) is 2.36. The number of hydrogen-bond donors (Lipinski definition) is 1. The third kappa shape index (κ3) is 2.84. The number of aliphatic hydroxyl groups excluding tert-OH is 1. The van der Waals surface area contributed by atoms with Gasteiger partial charge in [0, 0.05) is 19.2 Å². The smallest absolute Gasteiger partial charge is 0.327 e. The Labute approximate surface area is 110 Å². The summed E-state index contributed by atoms with van der Waals surface area (Å²) in [5.74, 6) is -0.809. The summed E-state index contributed by atoms with van der Waals surface area (Å²) in [4.78, 5) is 12.2. The number of anilines is 1. The van der Waals surface area contributed by atoms with Crippen molar-refractivity contribution in [2.75, 3.05) is 18.1 Å². The van der Waals surface area contributed by atoms with Crippen LogP contribution in [0.25, 0.3) is 0 Å². The number of hydrogen-bond acceptors (Lipinski definition) is 4. The largest absolute Gasteiger partial charge is 0.396 e. The molecular formula is C13H17FN2O3. The summed E-state index contributed by atoms with van der Waals surface area (Å²) in [6, 6.07) is 4.39. The molecule has 0 radical (unpaired) electrons. The number of nitro groups is 1. The van der Waals surface area contributed by atoms with Crippen molar-refractivity contribution in [3.05, 3.63) is 34.1 Å². The first kappa shape index (κ1) is 13.7. The number of nitrogens with zero attached hydrogens (tertiary/aromatic N) is 2. The van der Waals surface area contributed by atoms with Crippen LogP contribution in [0.3, 0.4) is 0 Å². The van der Waals surface area contributed by atoms with Gasteiger partial charge < -0.3 is 10.0 Å². The standard InChI is InChI=1S/C13H17FN2O3/c14-11-6-2-7-12(13(11)16(18)19)15(8-3-9-17)10-4-1-5-10/h2,6-7,10,17H,1,3-5,8-9H2. The van der Waals surface area contributed by atoms with Crippen LogP contribution in [0.5, 0.6) is 0 Å². The van der Waals surface area contributed by atoms with Gasteiger partial charge in [-0.1, -0.05) is 6.07 Å². The SMILES string of the molecule is O=[N+]([O-])c1c(F)cccc1N(CCCO)C1CCC1. The van der Waals surface area contributed by atoms with Crippen molar-refractivity contribution in [1.29, 1.82) is 0 Å². The van der Waals surface area contributed by atoms with Gasteiger partial charge in [0.25, 0.3) is 0 Å². The highest BCUT2D eigenvalue weighted by atomic mass is 19.1. The summed E-state index contributed by atoms with van der Waals surface area (Å²) in [5, 5.41) is 20.0. The minimum absolute atomic E-state index is 0.0202. The molecular weight excluding hydrogens is 251 g/mol. The molecule has 1 aromatic carbocycles. The second kappa shape index (κ2) is 5.97. The molecule has 1 fully saturated rings. The highest BCUT2D eigenvalue weighted by molar-refractivity contribution is 5.64. The van der Waals surface area contributed by atoms with Gasteiger partial charge in [0.15, 0.2) is 0 Å². The minimum Gasteiger partial charge on any atom is -0.396 e. The Morgan fingerprint density at radius 1 is 1.47 bits per heavy atom. The van der Waals surface area contributed by atoms with Crippen molar-refractivity contribution < 1.29 is 14.4 Å². The molecule has 19 heavy (non-hydrogen) atoms. The molecule has 5 nitrogen and oxygen atoms in total. The average molecular weight is 268 g/mol. The van der Waals surface area contributed by atoms with Gasteiger partial charge in [-0.3, -0.25) is 10.1 Å². The van der Waals surface area contributed by atoms with Gasteiger partial charge in [0.05, 0.1) is 4.92 Å². The van der Waals surface area contributed by atoms with E-state index in [4.69, 9.17) is 5.11 Å². The Morgan fingerprint density at radius 3 is 2.74 bits per heavy atom. The van der Waals surface area contributed by atoms with E-state index in [0.29, 0.717) is 18.7 Å². The Hall–Kier alpha value is -1.69. The zero-order chi connectivity index (χ0) is 13.8. The van der Waals surface area contributed by atoms with E-state index >= 15 is 0 Å². The fourth-order valence-electron chi connectivity index (χ4n) is 2.36. The van der Waals surface area contributed by atoms with Crippen molar-refractivity contribution in [3.8, 4) is 0 Å². The molecule has 0 unspecified atom stereocenters. The number of halogens is 1. The van der Waals surface area contributed by atoms with Crippen LogP contribution < -0.4 is 4.90 Å². The monoisotopic (exact) mass is 268 g/mol. The molecule has 2 rings (SSSR count). The van der Waals surface area contributed by atoms with E-state index in [0.717, 1.165) is 25.3 Å². The molecule has 1 aliphatic carbocycles. The maximum Gasteiger partial charge on any atom is 0.327 e. The van der Waals surface area contributed by atoms with E-state index in [1.165, 1.54) is 6.07 Å². The molecule has 6 heteroatoms. The van der Waals surface area contributed by atoms with Crippen molar-refractivity contribution in [2.24, 2.45) is 0 Å². The van der Waals surface area contributed by atoms with E-state index in [2.05, 4.69) is 0 Å². The van der Waals surface area contributed by atoms with E-state index in [-0.39, 0.29) is 12.6 Å². The van der Waals surface area contributed by atoms with Gasteiger partial charge in [0.2, 0.25) is 5.82 Å². The molecule has 0 bridgehead atoms. The lowest BCUT2D eigenvalue weighted by atomic mass is 9.90. The van der Waals surface area contributed by atoms with Crippen LogP contribution in [-0.2, 0) is 0 Å². The first-order valence-electron chi connectivity index (χ1n) is 6.45. The van der Waals surface area contributed by atoms with Crippen LogP contribution in [0.1, 0.15) is 25.7 Å². The highest BCUT2D eigenvalue weighted by Gasteiger charge is 2.31. The van der Waals surface area contributed by atoms with Crippen molar-refractivity contribution in [1.82, 2.24) is 0 Å². The Morgan fingerprint density at radius 2 is 2.21 bits per heavy atom. The molecule has 1 aromatic rings. The number of aliphatic hydroxyl groups is 1. The van der Waals surface area contributed by atoms with E-state index < -0.39 is 16.4 Å². The maximum atomic E-state index is 13.7. The summed E-state index contributed by atoms with van der Waals surface area (Å²) in [5.41, 5.74) is -0.143. The van der Waals surface area contributed by atoms with Gasteiger partial charge in [-0.2, -0.15) is 4.39 Å². The second-order valence-corrected chi connectivity index (χ2v) is 4.72. The van der Waals surface area contributed by atoms with Crippen LogP contribution in [0.15, 0.2) is 18.2 Å². The summed E-state index contributed by atoms with van der Waals surface area (Å²) in [7, 11) is 0. The maximum absolute atomic E-state index is 13.7. The molecule has 0 amide bonds. The quantitative estimate of drug-likeness (QED) is 0.635. The molecule has 0 saturated heterocycles. The lowest BCUT2D eigenvalue weighted by molar-refractivity contribution is -0.386. The zero-order valence-corrected chi connectivity index (χ0v) is 10.6. The first-order chi connectivity index (χ1) is 9.15. The minimum atomic E-state index is -0.809. The normalized spacial score (nSPS) is 15.1. The van der Waals surface area contributed by atoms with Crippen LogP contribution >= 0.6 is 0 Å². The van der Waals surface area contributed by atoms with Crippen molar-refractivity contribution in [2.45, 2.75) is 31.7 Å². The third-order valence-electron chi connectivity index (χ3n) is 3.53. The number of para-hydroxylation sites is 1. The molecule has 1 saturated carbocycles. The average Bonchev–Trinajstić information content (AvgIpc) is 2.31. The molecule has 1 N–H and O–H groups in total. The van der Waals surface area contributed by atoms with E-state index in [1.807, 2.05) is 4.90 Å². The molecule has 0 atom stereocenters. The van der Waals surface area contributed by atoms with Crippen LogP contribution in [0, 0.1) is 15.9 Å². The van der Waals surface area contributed by atoms with Crippen LogP contribution in [0.2, 0.25) is 0 Å². The first-order valence-corrected chi connectivity index (χ1v) is 6.45. The fraction of sp³-hybridized carbons (Fsp3) is 0.538. The zero-order valence-electron chi connectivity index (χ0n) is 10.6. The molecule has 0 aliphatic heterocycles. The van der Waals surface area contributed by atoms with Gasteiger partial charge in [0.1, 0.15) is 5.69 Å². The number of benzene rings is 1. The Kier molecular flexibility index (Phi) is 4.31. The van der Waals surface area contributed by atoms with Crippen LogP contribution in [0.4, 0.5) is 15.8 Å². The van der Waals surface area contributed by atoms with Crippen LogP contribution in [-0.4, -0.2) is 29.2 Å². The predicted molar refractivity (Wildman–Crippen MR) is 69.7 cm³/mol. The number of nitro benzene ring substituents is 1. The summed E-state index contributed by atoms with van der Waals surface area (Å²) < 4.78 is 13.7. The Balaban J connectivity index is 2.34. The summed E-state index contributed by atoms with van der Waals surface area (Å²) >= 11 is 0. The van der Waals surface area contributed by atoms with Gasteiger partial charge in [-0.05, 0) is 37.8 Å². The third-order valence-corrected chi connectivity index (χ3v) is 3.53. The Bertz CT molecular complexity index is 463. The second-order valence-electron chi connectivity index (χ2n) is 4.72. The molecule has 0 spiro atoms. The van der Waals surface area contributed by atoms with Crippen molar-refractivity contribution >= 4 is 11.4 Å². The molecule has 0 heterocycles. The lowest BCUT2D eigenvalue weighted by Crippen LogP contribution is -2.41. The van der Waals surface area contributed by atoms with Gasteiger partial charge in [-0.15, -0.1) is 0 Å². The summed E-state index contributed by atoms with van der Waals surface area (Å²) in [6.07, 6.45) is 3.52. The predicted octanol–water partition coefficient (Wildman–Crippen LogP) is 2.48. The molecule has 1 aliphatic rings. The highest BCUT2D eigenvalue weighted by Crippen LogP contribution is 2.36.